The number of anilines is 1. The molecule has 3 heterocycles. The topological polar surface area (TPSA) is 126 Å². The number of nitro benzene ring substituents is 1. The zero-order chi connectivity index (χ0) is 27.9. The molecule has 2 aromatic heterocycles. The quantitative estimate of drug-likeness (QED) is 0.280. The van der Waals surface area contributed by atoms with Crippen molar-refractivity contribution in [3.8, 4) is 0 Å². The Bertz CT molecular complexity index is 1570. The Hall–Kier alpha value is -4.12. The molecule has 4 aromatic rings. The molecular formula is C28H34N8O3. The van der Waals surface area contributed by atoms with E-state index >= 15 is 0 Å². The van der Waals surface area contributed by atoms with Crippen LogP contribution in [-0.4, -0.2) is 61.2 Å². The summed E-state index contributed by atoms with van der Waals surface area (Å²) in [4.78, 5) is 31.9. The van der Waals surface area contributed by atoms with Crippen LogP contribution in [-0.2, 0) is 5.54 Å². The van der Waals surface area contributed by atoms with Crippen molar-refractivity contribution in [2.24, 2.45) is 0 Å². The molecule has 2 aromatic carbocycles. The molecule has 1 unspecified atom stereocenters. The van der Waals surface area contributed by atoms with Gasteiger partial charge in [-0.25, -0.2) is 4.68 Å². The van der Waals surface area contributed by atoms with Gasteiger partial charge in [0.1, 0.15) is 6.04 Å². The van der Waals surface area contributed by atoms with E-state index in [0.29, 0.717) is 37.6 Å². The number of aryl methyl sites for hydroxylation is 2. The van der Waals surface area contributed by atoms with Crippen molar-refractivity contribution < 1.29 is 4.92 Å². The number of nitrogens with zero attached hydrogens (tertiary/aromatic N) is 7. The number of hydrogen-bond acceptors (Lipinski definition) is 8. The van der Waals surface area contributed by atoms with Gasteiger partial charge in [0.25, 0.3) is 11.2 Å². The Morgan fingerprint density at radius 2 is 1.77 bits per heavy atom. The molecule has 0 spiro atoms. The predicted octanol–water partition coefficient (Wildman–Crippen LogP) is 4.10. The van der Waals surface area contributed by atoms with Gasteiger partial charge in [-0.1, -0.05) is 18.6 Å². The molecule has 0 bridgehead atoms. The van der Waals surface area contributed by atoms with Crippen molar-refractivity contribution in [1.82, 2.24) is 30.1 Å². The van der Waals surface area contributed by atoms with Crippen LogP contribution in [0.5, 0.6) is 0 Å². The molecule has 1 N–H and O–H groups in total. The van der Waals surface area contributed by atoms with Gasteiger partial charge in [0.05, 0.1) is 16.0 Å². The van der Waals surface area contributed by atoms with E-state index in [2.05, 4.69) is 70.1 Å². The Kier molecular flexibility index (Phi) is 6.94. The molecule has 5 rings (SSSR count). The summed E-state index contributed by atoms with van der Waals surface area (Å²) in [7, 11) is 0. The standard InChI is InChI=1S/C28H34N8O3/c1-6-28(4,5)35-26(30-31-32-35)25(23-17-20-16-18(2)15-19(3)24(20)29-27(23)37)34-13-11-33(12-14-34)21-7-9-22(10-8-21)36(38)39/h7-10,15-17,25H,6,11-14H2,1-5H3,(H,29,37). The van der Waals surface area contributed by atoms with Crippen molar-refractivity contribution in [1.29, 1.82) is 0 Å². The third-order valence-corrected chi connectivity index (χ3v) is 7.90. The number of hydrogen-bond donors (Lipinski definition) is 1. The number of nitro groups is 1. The highest BCUT2D eigenvalue weighted by Crippen LogP contribution is 2.32. The van der Waals surface area contributed by atoms with Crippen LogP contribution in [0.4, 0.5) is 11.4 Å². The lowest BCUT2D eigenvalue weighted by Crippen LogP contribution is -2.49. The Balaban J connectivity index is 1.54. The number of pyridine rings is 1. The molecule has 1 fully saturated rings. The zero-order valence-corrected chi connectivity index (χ0v) is 23.0. The number of benzene rings is 2. The van der Waals surface area contributed by atoms with Gasteiger partial charge >= 0.3 is 0 Å². The molecule has 1 atom stereocenters. The van der Waals surface area contributed by atoms with Gasteiger partial charge in [0.2, 0.25) is 0 Å². The summed E-state index contributed by atoms with van der Waals surface area (Å²) in [6.07, 6.45) is 0.818. The minimum atomic E-state index is -0.446. The number of aromatic amines is 1. The molecule has 0 amide bonds. The van der Waals surface area contributed by atoms with Crippen molar-refractivity contribution in [2.45, 2.75) is 52.6 Å². The fourth-order valence-electron chi connectivity index (χ4n) is 5.37. The average Bonchev–Trinajstić information content (AvgIpc) is 3.41. The van der Waals surface area contributed by atoms with E-state index in [4.69, 9.17) is 0 Å². The highest BCUT2D eigenvalue weighted by molar-refractivity contribution is 5.83. The molecule has 11 nitrogen and oxygen atoms in total. The average molecular weight is 531 g/mol. The van der Waals surface area contributed by atoms with Crippen LogP contribution in [0, 0.1) is 24.0 Å². The van der Waals surface area contributed by atoms with Crippen molar-refractivity contribution >= 4 is 22.3 Å². The first-order valence-electron chi connectivity index (χ1n) is 13.3. The lowest BCUT2D eigenvalue weighted by Gasteiger charge is -2.40. The van der Waals surface area contributed by atoms with Gasteiger partial charge in [-0.05, 0) is 79.8 Å². The van der Waals surface area contributed by atoms with E-state index in [1.54, 1.807) is 12.1 Å². The van der Waals surface area contributed by atoms with E-state index < -0.39 is 11.0 Å². The normalized spacial score (nSPS) is 15.6. The lowest BCUT2D eigenvalue weighted by atomic mass is 9.98. The number of H-pyrrole nitrogens is 1. The van der Waals surface area contributed by atoms with Crippen LogP contribution >= 0.6 is 0 Å². The molecule has 0 aliphatic carbocycles. The molecule has 1 aliphatic heterocycles. The second-order valence-corrected chi connectivity index (χ2v) is 10.9. The zero-order valence-electron chi connectivity index (χ0n) is 23.0. The monoisotopic (exact) mass is 530 g/mol. The van der Waals surface area contributed by atoms with Gasteiger partial charge in [0.15, 0.2) is 5.82 Å². The number of nitrogens with one attached hydrogen (secondary N) is 1. The van der Waals surface area contributed by atoms with E-state index in [9.17, 15) is 14.9 Å². The molecular weight excluding hydrogens is 496 g/mol. The SMILES string of the molecule is CCC(C)(C)n1nnnc1C(c1cc2cc(C)cc(C)c2[nH]c1=O)N1CCN(c2ccc([N+](=O)[O-])cc2)CC1. The number of tetrazole rings is 1. The summed E-state index contributed by atoms with van der Waals surface area (Å²) >= 11 is 0. The Morgan fingerprint density at radius 1 is 1.08 bits per heavy atom. The van der Waals surface area contributed by atoms with Crippen LogP contribution in [0.15, 0.2) is 47.3 Å². The van der Waals surface area contributed by atoms with Crippen LogP contribution in [0.1, 0.15) is 55.7 Å². The van der Waals surface area contributed by atoms with Gasteiger partial charge in [0, 0.05) is 49.6 Å². The largest absolute Gasteiger partial charge is 0.369 e. The predicted molar refractivity (Wildman–Crippen MR) is 150 cm³/mol. The van der Waals surface area contributed by atoms with E-state index in [0.717, 1.165) is 34.1 Å². The molecule has 204 valence electrons. The molecule has 1 saturated heterocycles. The molecule has 11 heteroatoms. The lowest BCUT2D eigenvalue weighted by molar-refractivity contribution is -0.384. The second-order valence-electron chi connectivity index (χ2n) is 10.9. The number of non-ortho nitro benzene ring substituents is 1. The molecule has 39 heavy (non-hydrogen) atoms. The minimum absolute atomic E-state index is 0.0730. The minimum Gasteiger partial charge on any atom is -0.369 e. The summed E-state index contributed by atoms with van der Waals surface area (Å²) in [5.74, 6) is 0.639. The first kappa shape index (κ1) is 26.5. The maximum absolute atomic E-state index is 13.6. The van der Waals surface area contributed by atoms with Crippen LogP contribution < -0.4 is 10.5 Å². The van der Waals surface area contributed by atoms with Crippen molar-refractivity contribution in [2.75, 3.05) is 31.1 Å². The van der Waals surface area contributed by atoms with E-state index in [1.165, 1.54) is 12.1 Å². The fourth-order valence-corrected chi connectivity index (χ4v) is 5.37. The molecule has 0 saturated carbocycles. The maximum atomic E-state index is 13.6. The number of rotatable bonds is 7. The number of fused-ring (bicyclic) bond motifs is 1. The summed E-state index contributed by atoms with van der Waals surface area (Å²) in [6.45, 7) is 13.0. The van der Waals surface area contributed by atoms with Gasteiger partial charge in [-0.15, -0.1) is 5.10 Å². The summed E-state index contributed by atoms with van der Waals surface area (Å²) in [5, 5.41) is 24.9. The summed E-state index contributed by atoms with van der Waals surface area (Å²) in [5.41, 5.74) is 4.12. The van der Waals surface area contributed by atoms with Gasteiger partial charge in [-0.2, -0.15) is 0 Å². The van der Waals surface area contributed by atoms with Crippen LogP contribution in [0.3, 0.4) is 0 Å². The maximum Gasteiger partial charge on any atom is 0.269 e. The number of piperazine rings is 1. The molecule has 0 radical (unpaired) electrons. The Morgan fingerprint density at radius 3 is 2.41 bits per heavy atom. The third kappa shape index (κ3) is 5.01. The second kappa shape index (κ2) is 10.2. The van der Waals surface area contributed by atoms with Gasteiger partial charge in [-0.3, -0.25) is 19.8 Å². The van der Waals surface area contributed by atoms with E-state index in [1.807, 2.05) is 17.7 Å². The first-order valence-corrected chi connectivity index (χ1v) is 13.3. The summed E-state index contributed by atoms with van der Waals surface area (Å²) < 4.78 is 1.85. The number of aromatic nitrogens is 5. The van der Waals surface area contributed by atoms with E-state index in [-0.39, 0.29) is 16.8 Å². The smallest absolute Gasteiger partial charge is 0.269 e. The summed E-state index contributed by atoms with van der Waals surface area (Å²) in [6, 6.07) is 12.3. The van der Waals surface area contributed by atoms with Crippen molar-refractivity contribution in [3.05, 3.63) is 85.4 Å². The highest BCUT2D eigenvalue weighted by atomic mass is 16.6. The highest BCUT2D eigenvalue weighted by Gasteiger charge is 2.35. The van der Waals surface area contributed by atoms with Gasteiger partial charge < -0.3 is 9.88 Å². The third-order valence-electron chi connectivity index (χ3n) is 7.90. The van der Waals surface area contributed by atoms with Crippen molar-refractivity contribution in [3.63, 3.8) is 0 Å². The Labute approximate surface area is 226 Å². The fraction of sp³-hybridized carbons (Fsp3) is 0.429. The molecule has 1 aliphatic rings. The first-order chi connectivity index (χ1) is 18.6. The van der Waals surface area contributed by atoms with Crippen LogP contribution in [0.25, 0.3) is 10.9 Å². The van der Waals surface area contributed by atoms with Crippen LogP contribution in [0.2, 0.25) is 0 Å².